The summed E-state index contributed by atoms with van der Waals surface area (Å²) >= 11 is 4.77. The molecule has 2 amide bonds. The first-order valence-corrected chi connectivity index (χ1v) is 7.53. The molecule has 0 aromatic heterocycles. The standard InChI is InChI=1S/C15H17N3O2S/c16-15(21)17-9-5-7-10(8-6-9)18-13(19)11-3-1-2-4-12(11)14(18)20/h5-8,11-12H,1-4H2,(H3,16,17,21). The van der Waals surface area contributed by atoms with Crippen LogP contribution in [0.2, 0.25) is 0 Å². The molecule has 1 aliphatic carbocycles. The number of carbonyl (C=O) groups excluding carboxylic acids is 2. The number of nitrogens with one attached hydrogen (secondary N) is 1. The average Bonchev–Trinajstić information content (AvgIpc) is 2.72. The van der Waals surface area contributed by atoms with Crippen molar-refractivity contribution in [3.8, 4) is 0 Å². The van der Waals surface area contributed by atoms with Gasteiger partial charge in [-0.2, -0.15) is 0 Å². The molecule has 2 fully saturated rings. The third kappa shape index (κ3) is 2.51. The molecule has 3 rings (SSSR count). The van der Waals surface area contributed by atoms with E-state index in [4.69, 9.17) is 18.0 Å². The molecule has 0 bridgehead atoms. The normalized spacial score (nSPS) is 24.9. The third-order valence-corrected chi connectivity index (χ3v) is 4.34. The summed E-state index contributed by atoms with van der Waals surface area (Å²) in [6.07, 6.45) is 3.72. The summed E-state index contributed by atoms with van der Waals surface area (Å²) in [5, 5.41) is 3.00. The fraction of sp³-hybridized carbons (Fsp3) is 0.400. The number of amides is 2. The van der Waals surface area contributed by atoms with Gasteiger partial charge in [-0.05, 0) is 49.3 Å². The number of anilines is 2. The van der Waals surface area contributed by atoms with Crippen molar-refractivity contribution in [1.82, 2.24) is 0 Å². The summed E-state index contributed by atoms with van der Waals surface area (Å²) in [6, 6.07) is 7.01. The number of thiocarbonyl (C=S) groups is 1. The van der Waals surface area contributed by atoms with Gasteiger partial charge in [0.1, 0.15) is 0 Å². The molecule has 0 radical (unpaired) electrons. The predicted octanol–water partition coefficient (Wildman–Crippen LogP) is 2.02. The second-order valence-electron chi connectivity index (χ2n) is 5.55. The summed E-state index contributed by atoms with van der Waals surface area (Å²) in [5.74, 6) is -0.360. The first-order chi connectivity index (χ1) is 10.1. The Morgan fingerprint density at radius 2 is 1.62 bits per heavy atom. The van der Waals surface area contributed by atoms with E-state index in [-0.39, 0.29) is 28.8 Å². The largest absolute Gasteiger partial charge is 0.376 e. The Morgan fingerprint density at radius 1 is 1.10 bits per heavy atom. The monoisotopic (exact) mass is 303 g/mol. The van der Waals surface area contributed by atoms with Crippen LogP contribution < -0.4 is 16.0 Å². The van der Waals surface area contributed by atoms with Crippen LogP contribution in [0.25, 0.3) is 0 Å². The Kier molecular flexibility index (Phi) is 3.63. The van der Waals surface area contributed by atoms with Crippen molar-refractivity contribution in [3.63, 3.8) is 0 Å². The minimum atomic E-state index is -0.124. The number of carbonyl (C=O) groups is 2. The maximum absolute atomic E-state index is 12.5. The maximum atomic E-state index is 12.5. The van der Waals surface area contributed by atoms with E-state index >= 15 is 0 Å². The lowest BCUT2D eigenvalue weighted by molar-refractivity contribution is -0.122. The van der Waals surface area contributed by atoms with E-state index < -0.39 is 0 Å². The van der Waals surface area contributed by atoms with Gasteiger partial charge in [0.15, 0.2) is 5.11 Å². The van der Waals surface area contributed by atoms with Gasteiger partial charge < -0.3 is 11.1 Å². The lowest BCUT2D eigenvalue weighted by Crippen LogP contribution is -2.30. The van der Waals surface area contributed by atoms with Crippen molar-refractivity contribution in [2.75, 3.05) is 10.2 Å². The number of nitrogens with two attached hydrogens (primary N) is 1. The van der Waals surface area contributed by atoms with Gasteiger partial charge in [0.25, 0.3) is 0 Å². The summed E-state index contributed by atoms with van der Waals surface area (Å²) in [6.45, 7) is 0. The number of fused-ring (bicyclic) bond motifs is 1. The van der Waals surface area contributed by atoms with Gasteiger partial charge in [-0.3, -0.25) is 14.5 Å². The second kappa shape index (κ2) is 5.44. The van der Waals surface area contributed by atoms with Crippen molar-refractivity contribution >= 4 is 40.5 Å². The van der Waals surface area contributed by atoms with Crippen LogP contribution in [0.5, 0.6) is 0 Å². The molecule has 1 aromatic carbocycles. The van der Waals surface area contributed by atoms with Crippen LogP contribution in [0.3, 0.4) is 0 Å². The minimum Gasteiger partial charge on any atom is -0.376 e. The molecule has 2 aliphatic rings. The molecule has 21 heavy (non-hydrogen) atoms. The van der Waals surface area contributed by atoms with E-state index in [0.29, 0.717) is 5.69 Å². The highest BCUT2D eigenvalue weighted by Crippen LogP contribution is 2.40. The second-order valence-corrected chi connectivity index (χ2v) is 5.99. The number of benzene rings is 1. The molecule has 1 aromatic rings. The van der Waals surface area contributed by atoms with Crippen molar-refractivity contribution in [1.29, 1.82) is 0 Å². The molecule has 1 aliphatic heterocycles. The van der Waals surface area contributed by atoms with Gasteiger partial charge in [0, 0.05) is 5.69 Å². The first kappa shape index (κ1) is 14.0. The van der Waals surface area contributed by atoms with E-state index in [0.717, 1.165) is 31.4 Å². The summed E-state index contributed by atoms with van der Waals surface area (Å²) in [4.78, 5) is 26.3. The topological polar surface area (TPSA) is 75.4 Å². The zero-order chi connectivity index (χ0) is 15.0. The number of nitrogens with zero attached hydrogens (tertiary/aromatic N) is 1. The van der Waals surface area contributed by atoms with Crippen molar-refractivity contribution in [2.45, 2.75) is 25.7 Å². The van der Waals surface area contributed by atoms with Crippen molar-refractivity contribution < 1.29 is 9.59 Å². The highest BCUT2D eigenvalue weighted by Gasteiger charge is 2.48. The highest BCUT2D eigenvalue weighted by atomic mass is 32.1. The Morgan fingerprint density at radius 3 is 2.10 bits per heavy atom. The van der Waals surface area contributed by atoms with Crippen LogP contribution >= 0.6 is 12.2 Å². The molecule has 1 heterocycles. The van der Waals surface area contributed by atoms with E-state index in [2.05, 4.69) is 5.32 Å². The fourth-order valence-corrected chi connectivity index (χ4v) is 3.37. The van der Waals surface area contributed by atoms with Crippen LogP contribution in [0.15, 0.2) is 24.3 Å². The predicted molar refractivity (Wildman–Crippen MR) is 84.8 cm³/mol. The Labute approximate surface area is 128 Å². The third-order valence-electron chi connectivity index (χ3n) is 4.23. The molecule has 3 N–H and O–H groups in total. The first-order valence-electron chi connectivity index (χ1n) is 7.12. The zero-order valence-electron chi connectivity index (χ0n) is 11.5. The van der Waals surface area contributed by atoms with Crippen LogP contribution in [0, 0.1) is 11.8 Å². The Balaban J connectivity index is 1.84. The van der Waals surface area contributed by atoms with Gasteiger partial charge in [0.05, 0.1) is 17.5 Å². The molecule has 5 nitrogen and oxygen atoms in total. The smallest absolute Gasteiger partial charge is 0.237 e. The van der Waals surface area contributed by atoms with Crippen LogP contribution in [-0.4, -0.2) is 16.9 Å². The van der Waals surface area contributed by atoms with E-state index in [1.807, 2.05) is 0 Å². The molecule has 1 saturated heterocycles. The fourth-order valence-electron chi connectivity index (χ4n) is 3.25. The van der Waals surface area contributed by atoms with E-state index in [1.54, 1.807) is 24.3 Å². The number of rotatable bonds is 2. The molecule has 1 saturated carbocycles. The average molecular weight is 303 g/mol. The van der Waals surface area contributed by atoms with Crippen molar-refractivity contribution in [2.24, 2.45) is 17.6 Å². The van der Waals surface area contributed by atoms with Crippen LogP contribution in [0.4, 0.5) is 11.4 Å². The molecular formula is C15H17N3O2S. The van der Waals surface area contributed by atoms with Crippen LogP contribution in [0.1, 0.15) is 25.7 Å². The lowest BCUT2D eigenvalue weighted by atomic mass is 9.81. The Bertz CT molecular complexity index is 575. The van der Waals surface area contributed by atoms with Gasteiger partial charge in [-0.15, -0.1) is 0 Å². The number of hydrogen-bond acceptors (Lipinski definition) is 3. The maximum Gasteiger partial charge on any atom is 0.237 e. The summed E-state index contributed by atoms with van der Waals surface area (Å²) < 4.78 is 0. The molecule has 2 atom stereocenters. The van der Waals surface area contributed by atoms with Gasteiger partial charge >= 0.3 is 0 Å². The van der Waals surface area contributed by atoms with E-state index in [1.165, 1.54) is 4.90 Å². The molecule has 110 valence electrons. The Hall–Kier alpha value is -1.95. The SMILES string of the molecule is NC(=S)Nc1ccc(N2C(=O)C3CCCCC3C2=O)cc1. The number of hydrogen-bond donors (Lipinski definition) is 2. The minimum absolute atomic E-state index is 0.0558. The lowest BCUT2D eigenvalue weighted by Gasteiger charge is -2.19. The van der Waals surface area contributed by atoms with E-state index in [9.17, 15) is 9.59 Å². The molecule has 6 heteroatoms. The zero-order valence-corrected chi connectivity index (χ0v) is 12.4. The van der Waals surface area contributed by atoms with Gasteiger partial charge in [-0.25, -0.2) is 0 Å². The van der Waals surface area contributed by atoms with Gasteiger partial charge in [-0.1, -0.05) is 12.8 Å². The van der Waals surface area contributed by atoms with Crippen LogP contribution in [-0.2, 0) is 9.59 Å². The number of imide groups is 1. The van der Waals surface area contributed by atoms with Crippen molar-refractivity contribution in [3.05, 3.63) is 24.3 Å². The van der Waals surface area contributed by atoms with Gasteiger partial charge in [0.2, 0.25) is 11.8 Å². The molecular weight excluding hydrogens is 286 g/mol. The summed E-state index contributed by atoms with van der Waals surface area (Å²) in [7, 11) is 0. The summed E-state index contributed by atoms with van der Waals surface area (Å²) in [5.41, 5.74) is 6.77. The molecule has 0 spiro atoms. The quantitative estimate of drug-likeness (QED) is 0.646. The molecule has 2 unspecified atom stereocenters. The highest BCUT2D eigenvalue weighted by molar-refractivity contribution is 7.80.